The minimum Gasteiger partial charge on any atom is -0.362 e. The predicted molar refractivity (Wildman–Crippen MR) is 86.8 cm³/mol. The molecule has 7 heteroatoms. The zero-order chi connectivity index (χ0) is 15.9. The first kappa shape index (κ1) is 14.3. The fourth-order valence-electron chi connectivity index (χ4n) is 2.71. The maximum atomic E-state index is 11.9. The Labute approximate surface area is 127 Å². The van der Waals surface area contributed by atoms with E-state index in [9.17, 15) is 4.79 Å². The van der Waals surface area contributed by atoms with Gasteiger partial charge in [0.25, 0.3) is 5.56 Å². The van der Waals surface area contributed by atoms with Crippen molar-refractivity contribution in [2.24, 2.45) is 12.8 Å². The van der Waals surface area contributed by atoms with Crippen LogP contribution in [0.3, 0.4) is 0 Å². The molecule has 0 amide bonds. The van der Waals surface area contributed by atoms with Gasteiger partial charge in [-0.2, -0.15) is 10.2 Å². The number of aromatic amines is 1. The molecule has 0 aliphatic carbocycles. The molecule has 7 nitrogen and oxygen atoms in total. The van der Waals surface area contributed by atoms with E-state index in [0.717, 1.165) is 22.3 Å². The smallest absolute Gasteiger partial charge is 0.272 e. The predicted octanol–water partition coefficient (Wildman–Crippen LogP) is 0.848. The van der Waals surface area contributed by atoms with Crippen LogP contribution in [0.1, 0.15) is 5.69 Å². The third-order valence-electron chi connectivity index (χ3n) is 3.70. The number of hydrogen-bond acceptors (Lipinski definition) is 5. The van der Waals surface area contributed by atoms with Crippen LogP contribution >= 0.6 is 0 Å². The second kappa shape index (κ2) is 5.27. The molecule has 1 aromatic carbocycles. The topological polar surface area (TPSA) is 92.8 Å². The van der Waals surface area contributed by atoms with Crippen molar-refractivity contribution in [2.45, 2.75) is 6.54 Å². The third kappa shape index (κ3) is 2.15. The van der Waals surface area contributed by atoms with E-state index in [2.05, 4.69) is 15.3 Å². The van der Waals surface area contributed by atoms with E-state index in [0.29, 0.717) is 11.1 Å². The maximum absolute atomic E-state index is 11.9. The molecular formula is C15H18N6O. The highest BCUT2D eigenvalue weighted by molar-refractivity contribution is 5.90. The number of fused-ring (bicyclic) bond motifs is 1. The minimum atomic E-state index is -0.210. The summed E-state index contributed by atoms with van der Waals surface area (Å²) >= 11 is 0. The van der Waals surface area contributed by atoms with E-state index in [1.54, 1.807) is 6.07 Å². The van der Waals surface area contributed by atoms with Crippen molar-refractivity contribution in [3.8, 4) is 11.1 Å². The summed E-state index contributed by atoms with van der Waals surface area (Å²) in [6.07, 6.45) is 1.82. The normalized spacial score (nSPS) is 11.1. The maximum Gasteiger partial charge on any atom is 0.272 e. The molecule has 2 aromatic heterocycles. The van der Waals surface area contributed by atoms with Gasteiger partial charge in [0.15, 0.2) is 0 Å². The van der Waals surface area contributed by atoms with Crippen molar-refractivity contribution in [1.29, 1.82) is 0 Å². The second-order valence-corrected chi connectivity index (χ2v) is 5.36. The first-order chi connectivity index (χ1) is 10.5. The second-order valence-electron chi connectivity index (χ2n) is 5.36. The van der Waals surface area contributed by atoms with Crippen LogP contribution in [0.25, 0.3) is 21.9 Å². The Morgan fingerprint density at radius 2 is 2.09 bits per heavy atom. The largest absolute Gasteiger partial charge is 0.362 e. The Morgan fingerprint density at radius 3 is 2.77 bits per heavy atom. The number of benzene rings is 1. The lowest BCUT2D eigenvalue weighted by molar-refractivity contribution is 0.755. The van der Waals surface area contributed by atoms with E-state index in [4.69, 9.17) is 5.73 Å². The Kier molecular flexibility index (Phi) is 3.42. The van der Waals surface area contributed by atoms with Crippen LogP contribution in [-0.4, -0.2) is 34.1 Å². The molecule has 3 rings (SSSR count). The van der Waals surface area contributed by atoms with Gasteiger partial charge in [-0.1, -0.05) is 6.07 Å². The molecule has 3 N–H and O–H groups in total. The van der Waals surface area contributed by atoms with Gasteiger partial charge in [-0.05, 0) is 17.7 Å². The number of hydrogen-bond donors (Lipinski definition) is 2. The van der Waals surface area contributed by atoms with Gasteiger partial charge in [-0.3, -0.25) is 9.48 Å². The molecule has 0 unspecified atom stereocenters. The van der Waals surface area contributed by atoms with Crippen LogP contribution in [0.5, 0.6) is 0 Å². The Hall–Kier alpha value is -2.67. The number of rotatable bonds is 3. The van der Waals surface area contributed by atoms with E-state index in [1.807, 2.05) is 49.1 Å². The fraction of sp³-hybridized carbons (Fsp3) is 0.267. The molecule has 0 radical (unpaired) electrons. The average Bonchev–Trinajstić information content (AvgIpc) is 2.89. The number of aromatic nitrogens is 4. The van der Waals surface area contributed by atoms with Gasteiger partial charge < -0.3 is 10.6 Å². The number of nitrogens with zero attached hydrogens (tertiary/aromatic N) is 4. The number of anilines is 1. The van der Waals surface area contributed by atoms with Crippen LogP contribution in [0.2, 0.25) is 0 Å². The number of nitrogens with two attached hydrogens (primary N) is 1. The van der Waals surface area contributed by atoms with E-state index < -0.39 is 0 Å². The van der Waals surface area contributed by atoms with E-state index in [-0.39, 0.29) is 12.1 Å². The molecular weight excluding hydrogens is 280 g/mol. The van der Waals surface area contributed by atoms with Gasteiger partial charge in [0.1, 0.15) is 5.82 Å². The minimum absolute atomic E-state index is 0.210. The summed E-state index contributed by atoms with van der Waals surface area (Å²) in [5.74, 6) is 0.992. The van der Waals surface area contributed by atoms with Crippen molar-refractivity contribution >= 4 is 16.6 Å². The summed E-state index contributed by atoms with van der Waals surface area (Å²) in [6, 6.07) is 5.67. The molecule has 0 bridgehead atoms. The molecule has 0 atom stereocenters. The number of H-pyrrole nitrogens is 1. The first-order valence-corrected chi connectivity index (χ1v) is 6.94. The summed E-state index contributed by atoms with van der Waals surface area (Å²) in [4.78, 5) is 13.9. The Morgan fingerprint density at radius 1 is 1.32 bits per heavy atom. The van der Waals surface area contributed by atoms with Gasteiger partial charge in [-0.25, -0.2) is 5.10 Å². The van der Waals surface area contributed by atoms with Crippen LogP contribution in [0.15, 0.2) is 29.2 Å². The van der Waals surface area contributed by atoms with Crippen LogP contribution in [-0.2, 0) is 13.6 Å². The first-order valence-electron chi connectivity index (χ1n) is 6.94. The van der Waals surface area contributed by atoms with Crippen molar-refractivity contribution in [2.75, 3.05) is 19.0 Å². The van der Waals surface area contributed by atoms with Crippen molar-refractivity contribution in [3.63, 3.8) is 0 Å². The van der Waals surface area contributed by atoms with Crippen LogP contribution in [0.4, 0.5) is 5.82 Å². The molecule has 0 aliphatic rings. The van der Waals surface area contributed by atoms with E-state index in [1.165, 1.54) is 0 Å². The zero-order valence-electron chi connectivity index (χ0n) is 12.8. The molecule has 114 valence electrons. The summed E-state index contributed by atoms with van der Waals surface area (Å²) in [5, 5.41) is 12.2. The third-order valence-corrected chi connectivity index (χ3v) is 3.70. The van der Waals surface area contributed by atoms with Crippen molar-refractivity contribution in [3.05, 3.63) is 40.4 Å². The lowest BCUT2D eigenvalue weighted by Gasteiger charge is -2.15. The Bertz CT molecular complexity index is 893. The fourth-order valence-corrected chi connectivity index (χ4v) is 2.71. The molecule has 0 spiro atoms. The van der Waals surface area contributed by atoms with Gasteiger partial charge >= 0.3 is 0 Å². The van der Waals surface area contributed by atoms with E-state index >= 15 is 0 Å². The molecule has 0 fully saturated rings. The standard InChI is InChI=1S/C15H18N6O/c1-20(2)15-12(8-17-21(15)3)9-4-5-10-11(6-9)13(7-16)18-19-14(10)22/h4-6,8H,7,16H2,1-3H3,(H,19,22). The molecule has 0 saturated heterocycles. The summed E-state index contributed by atoms with van der Waals surface area (Å²) in [6.45, 7) is 0.268. The molecule has 2 heterocycles. The number of nitrogens with one attached hydrogen (secondary N) is 1. The van der Waals surface area contributed by atoms with Crippen molar-refractivity contribution in [1.82, 2.24) is 20.0 Å². The highest BCUT2D eigenvalue weighted by atomic mass is 16.1. The molecule has 22 heavy (non-hydrogen) atoms. The monoisotopic (exact) mass is 298 g/mol. The number of aryl methyl sites for hydroxylation is 1. The van der Waals surface area contributed by atoms with Gasteiger partial charge in [0, 0.05) is 38.6 Å². The molecule has 0 saturated carbocycles. The van der Waals surface area contributed by atoms with Crippen LogP contribution in [0, 0.1) is 0 Å². The quantitative estimate of drug-likeness (QED) is 0.747. The summed E-state index contributed by atoms with van der Waals surface area (Å²) in [7, 11) is 5.84. The lowest BCUT2D eigenvalue weighted by atomic mass is 10.0. The average molecular weight is 298 g/mol. The van der Waals surface area contributed by atoms with Crippen LogP contribution < -0.4 is 16.2 Å². The summed E-state index contributed by atoms with van der Waals surface area (Å²) in [5.41, 5.74) is 8.17. The Balaban J connectivity index is 2.28. The van der Waals surface area contributed by atoms with Gasteiger partial charge in [0.2, 0.25) is 0 Å². The lowest BCUT2D eigenvalue weighted by Crippen LogP contribution is -2.14. The highest BCUT2D eigenvalue weighted by Crippen LogP contribution is 2.31. The zero-order valence-corrected chi connectivity index (χ0v) is 12.8. The van der Waals surface area contributed by atoms with Gasteiger partial charge in [-0.15, -0.1) is 0 Å². The molecule has 0 aliphatic heterocycles. The summed E-state index contributed by atoms with van der Waals surface area (Å²) < 4.78 is 1.82. The highest BCUT2D eigenvalue weighted by Gasteiger charge is 2.14. The molecule has 3 aromatic rings. The van der Waals surface area contributed by atoms with Crippen molar-refractivity contribution < 1.29 is 0 Å². The van der Waals surface area contributed by atoms with Gasteiger partial charge in [0.05, 0.1) is 17.3 Å². The SMILES string of the molecule is CN(C)c1c(-c2ccc3c(=O)[nH]nc(CN)c3c2)cnn1C.